The summed E-state index contributed by atoms with van der Waals surface area (Å²) in [4.78, 5) is 0. The molecule has 0 aromatic heterocycles. The molecular formula is C9H18FN. The van der Waals surface area contributed by atoms with E-state index in [4.69, 9.17) is 5.73 Å². The predicted molar refractivity (Wildman–Crippen MR) is 45.1 cm³/mol. The number of nitrogens with two attached hydrogens (primary N) is 1. The summed E-state index contributed by atoms with van der Waals surface area (Å²) >= 11 is 0. The fourth-order valence-electron chi connectivity index (χ4n) is 2.01. The van der Waals surface area contributed by atoms with Gasteiger partial charge in [-0.05, 0) is 26.7 Å². The molecule has 0 heterocycles. The van der Waals surface area contributed by atoms with E-state index in [1.165, 1.54) is 6.42 Å². The second-order valence-corrected chi connectivity index (χ2v) is 4.12. The Morgan fingerprint density at radius 2 is 1.82 bits per heavy atom. The molecule has 1 aliphatic carbocycles. The second kappa shape index (κ2) is 3.10. The molecule has 0 radical (unpaired) electrons. The first kappa shape index (κ1) is 8.98. The topological polar surface area (TPSA) is 26.0 Å². The summed E-state index contributed by atoms with van der Waals surface area (Å²) in [6.45, 7) is 3.28. The van der Waals surface area contributed by atoms with E-state index in [0.29, 0.717) is 0 Å². The third-order valence-corrected chi connectivity index (χ3v) is 2.70. The van der Waals surface area contributed by atoms with Crippen molar-refractivity contribution in [3.8, 4) is 0 Å². The van der Waals surface area contributed by atoms with E-state index in [2.05, 4.69) is 0 Å². The molecule has 0 saturated heterocycles. The summed E-state index contributed by atoms with van der Waals surface area (Å²) < 4.78 is 13.4. The smallest absolute Gasteiger partial charge is 0.109 e. The minimum Gasteiger partial charge on any atom is -0.327 e. The van der Waals surface area contributed by atoms with Crippen molar-refractivity contribution in [2.45, 2.75) is 51.2 Å². The number of halogens is 1. The van der Waals surface area contributed by atoms with Crippen LogP contribution < -0.4 is 5.73 Å². The molecule has 11 heavy (non-hydrogen) atoms. The van der Waals surface area contributed by atoms with E-state index in [1.807, 2.05) is 0 Å². The van der Waals surface area contributed by atoms with Crippen LogP contribution in [0, 0.1) is 5.92 Å². The summed E-state index contributed by atoms with van der Waals surface area (Å²) in [5.74, 6) is 0.0799. The minimum atomic E-state index is -1.08. The Morgan fingerprint density at radius 1 is 1.27 bits per heavy atom. The molecule has 1 saturated carbocycles. The van der Waals surface area contributed by atoms with Crippen LogP contribution in [0.1, 0.15) is 39.5 Å². The lowest BCUT2D eigenvalue weighted by Crippen LogP contribution is -2.43. The summed E-state index contributed by atoms with van der Waals surface area (Å²) in [6, 6.07) is 0.0868. The van der Waals surface area contributed by atoms with Gasteiger partial charge >= 0.3 is 0 Å². The maximum absolute atomic E-state index is 13.4. The van der Waals surface area contributed by atoms with Crippen LogP contribution in [0.15, 0.2) is 0 Å². The lowest BCUT2D eigenvalue weighted by atomic mass is 9.77. The second-order valence-electron chi connectivity index (χ2n) is 4.12. The van der Waals surface area contributed by atoms with Gasteiger partial charge in [0.25, 0.3) is 0 Å². The molecule has 2 N–H and O–H groups in total. The molecule has 0 aromatic rings. The van der Waals surface area contributed by atoms with Crippen molar-refractivity contribution in [1.82, 2.24) is 0 Å². The van der Waals surface area contributed by atoms with E-state index < -0.39 is 5.67 Å². The van der Waals surface area contributed by atoms with Crippen LogP contribution in [0.2, 0.25) is 0 Å². The van der Waals surface area contributed by atoms with Crippen molar-refractivity contribution in [3.63, 3.8) is 0 Å². The van der Waals surface area contributed by atoms with Crippen molar-refractivity contribution >= 4 is 0 Å². The van der Waals surface area contributed by atoms with Gasteiger partial charge < -0.3 is 5.73 Å². The number of alkyl halides is 1. The van der Waals surface area contributed by atoms with Gasteiger partial charge in [-0.25, -0.2) is 4.39 Å². The van der Waals surface area contributed by atoms with Crippen molar-refractivity contribution in [1.29, 1.82) is 0 Å². The molecule has 0 amide bonds. The summed E-state index contributed by atoms with van der Waals surface area (Å²) in [5.41, 5.74) is 4.74. The quantitative estimate of drug-likeness (QED) is 0.624. The van der Waals surface area contributed by atoms with Gasteiger partial charge in [-0.1, -0.05) is 12.8 Å². The molecule has 0 aliphatic heterocycles. The van der Waals surface area contributed by atoms with E-state index in [9.17, 15) is 4.39 Å². The maximum atomic E-state index is 13.4. The van der Waals surface area contributed by atoms with Gasteiger partial charge in [0.15, 0.2) is 0 Å². The summed E-state index contributed by atoms with van der Waals surface area (Å²) in [7, 11) is 0. The highest BCUT2D eigenvalue weighted by molar-refractivity contribution is 4.88. The third-order valence-electron chi connectivity index (χ3n) is 2.70. The molecule has 1 rings (SSSR count). The lowest BCUT2D eigenvalue weighted by molar-refractivity contribution is 0.0790. The van der Waals surface area contributed by atoms with Crippen LogP contribution in [0.4, 0.5) is 4.39 Å². The first-order chi connectivity index (χ1) is 5.02. The van der Waals surface area contributed by atoms with Crippen LogP contribution in [0.5, 0.6) is 0 Å². The average Bonchev–Trinajstić information content (AvgIpc) is 1.86. The highest BCUT2D eigenvalue weighted by Crippen LogP contribution is 2.33. The zero-order valence-corrected chi connectivity index (χ0v) is 7.44. The van der Waals surface area contributed by atoms with Crippen molar-refractivity contribution < 1.29 is 4.39 Å². The highest BCUT2D eigenvalue weighted by Gasteiger charge is 2.35. The molecular weight excluding hydrogens is 141 g/mol. The summed E-state index contributed by atoms with van der Waals surface area (Å²) in [6.07, 6.45) is 4.28. The third kappa shape index (κ3) is 2.16. The zero-order valence-electron chi connectivity index (χ0n) is 7.44. The Balaban J connectivity index is 2.55. The van der Waals surface area contributed by atoms with Crippen LogP contribution >= 0.6 is 0 Å². The fraction of sp³-hybridized carbons (Fsp3) is 1.00. The molecule has 0 spiro atoms. The van der Waals surface area contributed by atoms with Crippen LogP contribution in [0.3, 0.4) is 0 Å². The van der Waals surface area contributed by atoms with Gasteiger partial charge in [0.1, 0.15) is 5.67 Å². The minimum absolute atomic E-state index is 0.0799. The monoisotopic (exact) mass is 159 g/mol. The molecule has 1 aliphatic rings. The molecule has 66 valence electrons. The SMILES string of the molecule is CC(C)(F)C1CCCCC1N. The Bertz CT molecular complexity index is 128. The van der Waals surface area contributed by atoms with Crippen molar-refractivity contribution in [2.75, 3.05) is 0 Å². The first-order valence-corrected chi connectivity index (χ1v) is 4.46. The normalized spacial score (nSPS) is 33.8. The van der Waals surface area contributed by atoms with Crippen molar-refractivity contribution in [2.24, 2.45) is 11.7 Å². The van der Waals surface area contributed by atoms with E-state index >= 15 is 0 Å². The van der Waals surface area contributed by atoms with E-state index in [-0.39, 0.29) is 12.0 Å². The molecule has 2 atom stereocenters. The highest BCUT2D eigenvalue weighted by atomic mass is 19.1. The fourth-order valence-corrected chi connectivity index (χ4v) is 2.01. The number of hydrogen-bond donors (Lipinski definition) is 1. The van der Waals surface area contributed by atoms with E-state index in [1.54, 1.807) is 13.8 Å². The average molecular weight is 159 g/mol. The van der Waals surface area contributed by atoms with Crippen LogP contribution in [0.25, 0.3) is 0 Å². The summed E-state index contributed by atoms with van der Waals surface area (Å²) in [5, 5.41) is 0. The zero-order chi connectivity index (χ0) is 8.48. The van der Waals surface area contributed by atoms with Gasteiger partial charge in [0, 0.05) is 12.0 Å². The van der Waals surface area contributed by atoms with Crippen molar-refractivity contribution in [3.05, 3.63) is 0 Å². The van der Waals surface area contributed by atoms with Gasteiger partial charge in [0.2, 0.25) is 0 Å². The molecule has 2 heteroatoms. The van der Waals surface area contributed by atoms with Gasteiger partial charge in [-0.3, -0.25) is 0 Å². The standard InChI is InChI=1S/C9H18FN/c1-9(2,10)7-5-3-4-6-8(7)11/h7-8H,3-6,11H2,1-2H3. The Morgan fingerprint density at radius 3 is 2.18 bits per heavy atom. The Labute approximate surface area is 68.2 Å². The molecule has 0 bridgehead atoms. The lowest BCUT2D eigenvalue weighted by Gasteiger charge is -2.35. The molecule has 0 aromatic carbocycles. The first-order valence-electron chi connectivity index (χ1n) is 4.46. The number of rotatable bonds is 1. The molecule has 2 unspecified atom stereocenters. The Kier molecular flexibility index (Phi) is 2.53. The number of hydrogen-bond acceptors (Lipinski definition) is 1. The van der Waals surface area contributed by atoms with Crippen LogP contribution in [-0.4, -0.2) is 11.7 Å². The van der Waals surface area contributed by atoms with Gasteiger partial charge in [0.05, 0.1) is 0 Å². The molecule has 1 fully saturated rings. The predicted octanol–water partition coefficient (Wildman–Crippen LogP) is 2.25. The van der Waals surface area contributed by atoms with Gasteiger partial charge in [-0.2, -0.15) is 0 Å². The van der Waals surface area contributed by atoms with Crippen LogP contribution in [-0.2, 0) is 0 Å². The largest absolute Gasteiger partial charge is 0.327 e. The van der Waals surface area contributed by atoms with Gasteiger partial charge in [-0.15, -0.1) is 0 Å². The van der Waals surface area contributed by atoms with E-state index in [0.717, 1.165) is 19.3 Å². The Hall–Kier alpha value is -0.110. The molecule has 1 nitrogen and oxygen atoms in total. The maximum Gasteiger partial charge on any atom is 0.109 e.